The number of ether oxygens (including phenoxy) is 1. The molecule has 0 saturated carbocycles. The minimum absolute atomic E-state index is 0.0752. The maximum Gasteiger partial charge on any atom is 0.338 e. The number of nitrogens with zero attached hydrogens (tertiary/aromatic N) is 1. The van der Waals surface area contributed by atoms with Crippen LogP contribution in [0, 0.1) is 11.7 Å². The number of esters is 1. The third kappa shape index (κ3) is 4.64. The van der Waals surface area contributed by atoms with Crippen LogP contribution in [0.15, 0.2) is 48.7 Å². The van der Waals surface area contributed by atoms with Crippen LogP contribution in [0.3, 0.4) is 0 Å². The van der Waals surface area contributed by atoms with E-state index in [-0.39, 0.29) is 24.1 Å². The lowest BCUT2D eigenvalue weighted by atomic mass is 10.1. The molecule has 166 valence electrons. The molecular weight excluding hydrogens is 413 g/mol. The lowest BCUT2D eigenvalue weighted by molar-refractivity contribution is -0.128. The molecule has 0 spiro atoms. The van der Waals surface area contributed by atoms with Crippen LogP contribution in [-0.2, 0) is 20.7 Å². The van der Waals surface area contributed by atoms with Gasteiger partial charge in [-0.25, -0.2) is 9.18 Å². The Labute approximate surface area is 184 Å². The van der Waals surface area contributed by atoms with Gasteiger partial charge in [0.2, 0.25) is 11.8 Å². The van der Waals surface area contributed by atoms with Gasteiger partial charge in [-0.1, -0.05) is 0 Å². The number of nitrogens with one attached hydrogen (secondary N) is 2. The van der Waals surface area contributed by atoms with Gasteiger partial charge in [-0.05, 0) is 61.4 Å². The maximum atomic E-state index is 13.6. The summed E-state index contributed by atoms with van der Waals surface area (Å²) in [4.78, 5) is 41.6. The Morgan fingerprint density at radius 3 is 2.75 bits per heavy atom. The first kappa shape index (κ1) is 21.5. The molecule has 1 atom stereocenters. The van der Waals surface area contributed by atoms with Crippen molar-refractivity contribution in [2.24, 2.45) is 5.92 Å². The van der Waals surface area contributed by atoms with E-state index in [0.29, 0.717) is 37.4 Å². The van der Waals surface area contributed by atoms with Crippen LogP contribution in [0.25, 0.3) is 10.9 Å². The number of anilines is 1. The zero-order valence-electron chi connectivity index (χ0n) is 17.7. The molecule has 1 aliphatic rings. The summed E-state index contributed by atoms with van der Waals surface area (Å²) in [6, 6.07) is 11.0. The van der Waals surface area contributed by atoms with E-state index >= 15 is 0 Å². The molecule has 2 heterocycles. The van der Waals surface area contributed by atoms with E-state index in [1.54, 1.807) is 42.2 Å². The largest absolute Gasteiger partial charge is 0.462 e. The smallest absolute Gasteiger partial charge is 0.338 e. The van der Waals surface area contributed by atoms with Gasteiger partial charge in [0.15, 0.2) is 0 Å². The van der Waals surface area contributed by atoms with Crippen LogP contribution >= 0.6 is 0 Å². The third-order valence-electron chi connectivity index (χ3n) is 5.63. The lowest BCUT2D eigenvalue weighted by Gasteiger charge is -2.16. The van der Waals surface area contributed by atoms with Gasteiger partial charge < -0.3 is 19.9 Å². The van der Waals surface area contributed by atoms with E-state index in [1.165, 1.54) is 12.1 Å². The maximum absolute atomic E-state index is 13.6. The zero-order chi connectivity index (χ0) is 22.7. The fraction of sp³-hybridized carbons (Fsp3) is 0.292. The van der Waals surface area contributed by atoms with Crippen LogP contribution in [0.4, 0.5) is 10.1 Å². The Bertz CT molecular complexity index is 1160. The summed E-state index contributed by atoms with van der Waals surface area (Å²) in [5.41, 5.74) is 2.74. The zero-order valence-corrected chi connectivity index (χ0v) is 17.7. The number of fused-ring (bicyclic) bond motifs is 1. The van der Waals surface area contributed by atoms with Gasteiger partial charge in [0.25, 0.3) is 0 Å². The highest BCUT2D eigenvalue weighted by Gasteiger charge is 2.34. The second kappa shape index (κ2) is 9.21. The first-order valence-corrected chi connectivity index (χ1v) is 10.6. The number of hydrogen-bond acceptors (Lipinski definition) is 4. The summed E-state index contributed by atoms with van der Waals surface area (Å²) in [5, 5.41) is 3.61. The molecule has 1 saturated heterocycles. The Morgan fingerprint density at radius 2 is 2.00 bits per heavy atom. The first-order valence-electron chi connectivity index (χ1n) is 10.6. The molecule has 0 unspecified atom stereocenters. The number of rotatable bonds is 7. The second-order valence-electron chi connectivity index (χ2n) is 7.78. The number of hydrogen-bond donors (Lipinski definition) is 2. The van der Waals surface area contributed by atoms with E-state index in [9.17, 15) is 18.8 Å². The topological polar surface area (TPSA) is 91.5 Å². The molecule has 0 radical (unpaired) electrons. The Kier molecular flexibility index (Phi) is 6.20. The summed E-state index contributed by atoms with van der Waals surface area (Å²) in [5.74, 6) is -1.48. The molecule has 1 aromatic heterocycles. The van der Waals surface area contributed by atoms with Crippen molar-refractivity contribution in [1.29, 1.82) is 0 Å². The van der Waals surface area contributed by atoms with E-state index in [1.807, 2.05) is 6.20 Å². The van der Waals surface area contributed by atoms with Crippen molar-refractivity contribution in [3.05, 3.63) is 65.6 Å². The average molecular weight is 437 g/mol. The number of benzene rings is 2. The Morgan fingerprint density at radius 1 is 1.22 bits per heavy atom. The summed E-state index contributed by atoms with van der Waals surface area (Å²) < 4.78 is 18.5. The molecule has 7 nitrogen and oxygen atoms in total. The molecule has 4 rings (SSSR count). The van der Waals surface area contributed by atoms with Crippen LogP contribution in [0.2, 0.25) is 0 Å². The molecular formula is C24H24FN3O4. The average Bonchev–Trinajstić information content (AvgIpc) is 3.35. The quantitative estimate of drug-likeness (QED) is 0.554. The lowest BCUT2D eigenvalue weighted by Crippen LogP contribution is -2.30. The summed E-state index contributed by atoms with van der Waals surface area (Å²) in [7, 11) is 0. The van der Waals surface area contributed by atoms with Crippen molar-refractivity contribution in [1.82, 2.24) is 9.88 Å². The van der Waals surface area contributed by atoms with Crippen molar-refractivity contribution in [2.45, 2.75) is 19.8 Å². The number of carbonyl (C=O) groups excluding carboxylic acids is 3. The van der Waals surface area contributed by atoms with Crippen molar-refractivity contribution in [2.75, 3.05) is 25.0 Å². The molecule has 32 heavy (non-hydrogen) atoms. The number of aromatic nitrogens is 1. The SMILES string of the molecule is CCOC(=O)c1ccc(NC(=O)[C@@H]2CC(=O)N(CCc3c[nH]c4ccc(F)cc34)C2)cc1. The number of carbonyl (C=O) groups is 3. The van der Waals surface area contributed by atoms with Crippen LogP contribution in [0.5, 0.6) is 0 Å². The molecule has 1 fully saturated rings. The molecule has 2 amide bonds. The summed E-state index contributed by atoms with van der Waals surface area (Å²) >= 11 is 0. The van der Waals surface area contributed by atoms with E-state index < -0.39 is 11.9 Å². The fourth-order valence-corrected chi connectivity index (χ4v) is 3.93. The standard InChI is InChI=1S/C24H24FN3O4/c1-2-32-24(31)15-3-6-19(7-4-15)27-23(30)17-11-22(29)28(14-17)10-9-16-13-26-21-8-5-18(25)12-20(16)21/h3-8,12-13,17,26H,2,9-11,14H2,1H3,(H,27,30)/t17-/m1/s1. The van der Waals surface area contributed by atoms with Crippen LogP contribution < -0.4 is 5.32 Å². The van der Waals surface area contributed by atoms with Gasteiger partial charge in [-0.2, -0.15) is 0 Å². The van der Waals surface area contributed by atoms with Crippen LogP contribution in [0.1, 0.15) is 29.3 Å². The monoisotopic (exact) mass is 437 g/mol. The van der Waals surface area contributed by atoms with Crippen LogP contribution in [-0.4, -0.2) is 47.4 Å². The Balaban J connectivity index is 1.33. The second-order valence-corrected chi connectivity index (χ2v) is 7.78. The molecule has 8 heteroatoms. The number of halogens is 1. The van der Waals surface area contributed by atoms with Gasteiger partial charge in [0.05, 0.1) is 18.1 Å². The highest BCUT2D eigenvalue weighted by atomic mass is 19.1. The number of amides is 2. The first-order chi connectivity index (χ1) is 15.4. The molecule has 0 bridgehead atoms. The van der Waals surface area contributed by atoms with Gasteiger partial charge >= 0.3 is 5.97 Å². The molecule has 2 aromatic carbocycles. The van der Waals surface area contributed by atoms with Gasteiger partial charge in [-0.15, -0.1) is 0 Å². The Hall–Kier alpha value is -3.68. The molecule has 0 aliphatic carbocycles. The van der Waals surface area contributed by atoms with E-state index in [0.717, 1.165) is 16.5 Å². The van der Waals surface area contributed by atoms with Crippen molar-refractivity contribution >= 4 is 34.4 Å². The number of likely N-dealkylation sites (tertiary alicyclic amines) is 1. The van der Waals surface area contributed by atoms with E-state index in [4.69, 9.17) is 4.74 Å². The minimum Gasteiger partial charge on any atom is -0.462 e. The normalized spacial score (nSPS) is 15.9. The van der Waals surface area contributed by atoms with Gasteiger partial charge in [0.1, 0.15) is 5.82 Å². The molecule has 1 aliphatic heterocycles. The van der Waals surface area contributed by atoms with E-state index in [2.05, 4.69) is 10.3 Å². The predicted molar refractivity (Wildman–Crippen MR) is 118 cm³/mol. The number of aromatic amines is 1. The molecule has 3 aromatic rings. The van der Waals surface area contributed by atoms with Crippen molar-refractivity contribution in [3.8, 4) is 0 Å². The third-order valence-corrected chi connectivity index (χ3v) is 5.63. The van der Waals surface area contributed by atoms with Gasteiger partial charge in [-0.3, -0.25) is 9.59 Å². The predicted octanol–water partition coefficient (Wildman–Crippen LogP) is 3.51. The number of H-pyrrole nitrogens is 1. The van der Waals surface area contributed by atoms with Crippen molar-refractivity contribution in [3.63, 3.8) is 0 Å². The molecule has 2 N–H and O–H groups in total. The fourth-order valence-electron chi connectivity index (χ4n) is 3.93. The minimum atomic E-state index is -0.451. The summed E-state index contributed by atoms with van der Waals surface area (Å²) in [6.45, 7) is 2.82. The van der Waals surface area contributed by atoms with Gasteiger partial charge in [0, 0.05) is 42.3 Å². The highest BCUT2D eigenvalue weighted by molar-refractivity contribution is 5.97. The van der Waals surface area contributed by atoms with Crippen molar-refractivity contribution < 1.29 is 23.5 Å². The highest BCUT2D eigenvalue weighted by Crippen LogP contribution is 2.23. The summed E-state index contributed by atoms with van der Waals surface area (Å²) in [6.07, 6.45) is 2.54.